The summed E-state index contributed by atoms with van der Waals surface area (Å²) in [5, 5.41) is 17.8. The summed E-state index contributed by atoms with van der Waals surface area (Å²) in [7, 11) is 0. The van der Waals surface area contributed by atoms with Gasteiger partial charge in [-0.25, -0.2) is 4.98 Å². The molecule has 0 amide bonds. The van der Waals surface area contributed by atoms with E-state index in [2.05, 4.69) is 9.88 Å². The first kappa shape index (κ1) is 11.8. The summed E-state index contributed by atoms with van der Waals surface area (Å²) in [4.78, 5) is 6.16. The van der Waals surface area contributed by atoms with Crippen LogP contribution >= 0.6 is 0 Å². The van der Waals surface area contributed by atoms with E-state index in [9.17, 15) is 0 Å². The SMILES string of the molecule is CC1CN(c2ccc(C#N)nc2)CC(CO)O1. The number of anilines is 1. The van der Waals surface area contributed by atoms with Crippen molar-refractivity contribution in [3.63, 3.8) is 0 Å². The second kappa shape index (κ2) is 5.13. The van der Waals surface area contributed by atoms with Crippen LogP contribution < -0.4 is 4.90 Å². The number of aromatic nitrogens is 1. The third-order valence-corrected chi connectivity index (χ3v) is 2.76. The summed E-state index contributed by atoms with van der Waals surface area (Å²) in [5.41, 5.74) is 1.37. The van der Waals surface area contributed by atoms with E-state index in [4.69, 9.17) is 15.1 Å². The zero-order valence-electron chi connectivity index (χ0n) is 9.71. The molecule has 1 aliphatic heterocycles. The van der Waals surface area contributed by atoms with Gasteiger partial charge in [0.15, 0.2) is 0 Å². The number of aliphatic hydroxyl groups excluding tert-OH is 1. The Balaban J connectivity index is 2.12. The molecule has 2 rings (SSSR count). The van der Waals surface area contributed by atoms with Gasteiger partial charge in [-0.3, -0.25) is 0 Å². The molecule has 2 heterocycles. The van der Waals surface area contributed by atoms with E-state index < -0.39 is 0 Å². The van der Waals surface area contributed by atoms with Crippen LogP contribution in [0.4, 0.5) is 5.69 Å². The van der Waals surface area contributed by atoms with Crippen LogP contribution in [-0.2, 0) is 4.74 Å². The smallest absolute Gasteiger partial charge is 0.140 e. The van der Waals surface area contributed by atoms with Crippen LogP contribution in [0.5, 0.6) is 0 Å². The number of nitriles is 1. The van der Waals surface area contributed by atoms with Gasteiger partial charge in [0.25, 0.3) is 0 Å². The topological polar surface area (TPSA) is 69.4 Å². The Morgan fingerprint density at radius 3 is 3.00 bits per heavy atom. The van der Waals surface area contributed by atoms with E-state index in [1.807, 2.05) is 19.1 Å². The molecule has 0 radical (unpaired) electrons. The van der Waals surface area contributed by atoms with Gasteiger partial charge in [-0.1, -0.05) is 0 Å². The monoisotopic (exact) mass is 233 g/mol. The predicted octanol–water partition coefficient (Wildman–Crippen LogP) is 0.539. The van der Waals surface area contributed by atoms with E-state index in [-0.39, 0.29) is 18.8 Å². The molecular weight excluding hydrogens is 218 g/mol. The third kappa shape index (κ3) is 2.73. The Kier molecular flexibility index (Phi) is 3.57. The van der Waals surface area contributed by atoms with Crippen molar-refractivity contribution < 1.29 is 9.84 Å². The Morgan fingerprint density at radius 1 is 1.59 bits per heavy atom. The fourth-order valence-corrected chi connectivity index (χ4v) is 2.00. The maximum Gasteiger partial charge on any atom is 0.140 e. The molecule has 0 aromatic carbocycles. The second-order valence-electron chi connectivity index (χ2n) is 4.17. The molecule has 0 spiro atoms. The Labute approximate surface area is 100 Å². The number of morpholine rings is 1. The number of pyridine rings is 1. The molecule has 1 N–H and O–H groups in total. The minimum absolute atomic E-state index is 0.0184. The first-order valence-corrected chi connectivity index (χ1v) is 5.60. The van der Waals surface area contributed by atoms with Gasteiger partial charge in [-0.05, 0) is 19.1 Å². The molecule has 90 valence electrons. The quantitative estimate of drug-likeness (QED) is 0.807. The highest BCUT2D eigenvalue weighted by Gasteiger charge is 2.24. The molecule has 1 aromatic rings. The molecule has 1 aliphatic rings. The molecule has 1 aromatic heterocycles. The van der Waals surface area contributed by atoms with Crippen molar-refractivity contribution in [2.45, 2.75) is 19.1 Å². The van der Waals surface area contributed by atoms with Gasteiger partial charge in [-0.15, -0.1) is 0 Å². The lowest BCUT2D eigenvalue weighted by Gasteiger charge is -2.37. The zero-order chi connectivity index (χ0) is 12.3. The number of rotatable bonds is 2. The highest BCUT2D eigenvalue weighted by Crippen LogP contribution is 2.19. The summed E-state index contributed by atoms with van der Waals surface area (Å²) in [6.45, 7) is 3.41. The van der Waals surface area contributed by atoms with Crippen LogP contribution in [-0.4, -0.2) is 42.0 Å². The zero-order valence-corrected chi connectivity index (χ0v) is 9.71. The number of nitrogens with zero attached hydrogens (tertiary/aromatic N) is 3. The molecular formula is C12H15N3O2. The molecule has 0 saturated carbocycles. The lowest BCUT2D eigenvalue weighted by Crippen LogP contribution is -2.48. The highest BCUT2D eigenvalue weighted by molar-refractivity contribution is 5.46. The first-order chi connectivity index (χ1) is 8.22. The maximum atomic E-state index is 9.15. The third-order valence-electron chi connectivity index (χ3n) is 2.76. The van der Waals surface area contributed by atoms with Crippen LogP contribution in [0.3, 0.4) is 0 Å². The summed E-state index contributed by atoms with van der Waals surface area (Å²) in [6.07, 6.45) is 1.61. The van der Waals surface area contributed by atoms with Crippen molar-refractivity contribution in [3.8, 4) is 6.07 Å². The Bertz CT molecular complexity index is 413. The highest BCUT2D eigenvalue weighted by atomic mass is 16.5. The van der Waals surface area contributed by atoms with Gasteiger partial charge >= 0.3 is 0 Å². The van der Waals surface area contributed by atoms with Crippen molar-refractivity contribution >= 4 is 5.69 Å². The number of hydrogen-bond donors (Lipinski definition) is 1. The van der Waals surface area contributed by atoms with Gasteiger partial charge in [0.2, 0.25) is 0 Å². The fraction of sp³-hybridized carbons (Fsp3) is 0.500. The largest absolute Gasteiger partial charge is 0.394 e. The van der Waals surface area contributed by atoms with Gasteiger partial charge in [-0.2, -0.15) is 5.26 Å². The van der Waals surface area contributed by atoms with Crippen molar-refractivity contribution in [2.24, 2.45) is 0 Å². The van der Waals surface area contributed by atoms with Crippen molar-refractivity contribution in [1.82, 2.24) is 4.98 Å². The average Bonchev–Trinajstić information content (AvgIpc) is 2.38. The fourth-order valence-electron chi connectivity index (χ4n) is 2.00. The van der Waals surface area contributed by atoms with Gasteiger partial charge in [0.1, 0.15) is 11.8 Å². The number of aliphatic hydroxyl groups is 1. The van der Waals surface area contributed by atoms with Crippen LogP contribution in [0.2, 0.25) is 0 Å². The average molecular weight is 233 g/mol. The molecule has 17 heavy (non-hydrogen) atoms. The van der Waals surface area contributed by atoms with Crippen molar-refractivity contribution in [3.05, 3.63) is 24.0 Å². The van der Waals surface area contributed by atoms with Crippen LogP contribution in [0.25, 0.3) is 0 Å². The van der Waals surface area contributed by atoms with E-state index in [1.165, 1.54) is 0 Å². The molecule has 5 nitrogen and oxygen atoms in total. The van der Waals surface area contributed by atoms with Crippen LogP contribution in [0.1, 0.15) is 12.6 Å². The van der Waals surface area contributed by atoms with Crippen molar-refractivity contribution in [2.75, 3.05) is 24.6 Å². The van der Waals surface area contributed by atoms with Gasteiger partial charge in [0, 0.05) is 13.1 Å². The number of ether oxygens (including phenoxy) is 1. The van der Waals surface area contributed by atoms with Gasteiger partial charge < -0.3 is 14.7 Å². The Hall–Kier alpha value is -1.64. The molecule has 2 unspecified atom stereocenters. The molecule has 2 atom stereocenters. The maximum absolute atomic E-state index is 9.15. The van der Waals surface area contributed by atoms with Gasteiger partial charge in [0.05, 0.1) is 30.7 Å². The summed E-state index contributed by atoms with van der Waals surface area (Å²) < 4.78 is 5.57. The van der Waals surface area contributed by atoms with E-state index >= 15 is 0 Å². The minimum atomic E-state index is -0.158. The molecule has 5 heteroatoms. The Morgan fingerprint density at radius 2 is 2.41 bits per heavy atom. The first-order valence-electron chi connectivity index (χ1n) is 5.60. The van der Waals surface area contributed by atoms with E-state index in [0.29, 0.717) is 12.2 Å². The predicted molar refractivity (Wildman–Crippen MR) is 62.6 cm³/mol. The lowest BCUT2D eigenvalue weighted by atomic mass is 10.2. The molecule has 0 bridgehead atoms. The van der Waals surface area contributed by atoms with Crippen LogP contribution in [0, 0.1) is 11.3 Å². The van der Waals surface area contributed by atoms with E-state index in [1.54, 1.807) is 12.3 Å². The standard InChI is InChI=1S/C12H15N3O2/c1-9-6-15(7-12(8-16)17-9)11-3-2-10(4-13)14-5-11/h2-3,5,9,12,16H,6-8H2,1H3. The summed E-state index contributed by atoms with van der Waals surface area (Å²) in [6, 6.07) is 5.56. The lowest BCUT2D eigenvalue weighted by molar-refractivity contribution is -0.0421. The minimum Gasteiger partial charge on any atom is -0.394 e. The molecule has 1 saturated heterocycles. The summed E-state index contributed by atoms with van der Waals surface area (Å²) >= 11 is 0. The molecule has 0 aliphatic carbocycles. The number of hydrogen-bond acceptors (Lipinski definition) is 5. The molecule has 1 fully saturated rings. The normalized spacial score (nSPS) is 24.4. The van der Waals surface area contributed by atoms with E-state index in [0.717, 1.165) is 12.2 Å². The van der Waals surface area contributed by atoms with Crippen LogP contribution in [0.15, 0.2) is 18.3 Å². The summed E-state index contributed by atoms with van der Waals surface area (Å²) in [5.74, 6) is 0. The second-order valence-corrected chi connectivity index (χ2v) is 4.17. The van der Waals surface area contributed by atoms with Crippen molar-refractivity contribution in [1.29, 1.82) is 5.26 Å².